The van der Waals surface area contributed by atoms with Crippen molar-refractivity contribution < 1.29 is 0 Å². The fourth-order valence-corrected chi connectivity index (χ4v) is 3.71. The first-order chi connectivity index (χ1) is 9.29. The highest BCUT2D eigenvalue weighted by Crippen LogP contribution is 2.55. The number of halogens is 1. The molecule has 0 aromatic carbocycles. The zero-order valence-electron chi connectivity index (χ0n) is 12.6. The highest BCUT2D eigenvalue weighted by atomic mass is 35.5. The van der Waals surface area contributed by atoms with Crippen LogP contribution in [-0.2, 0) is 13.1 Å². The Morgan fingerprint density at radius 1 is 1.40 bits per heavy atom. The first-order valence-corrected chi connectivity index (χ1v) is 7.74. The third kappa shape index (κ3) is 2.87. The number of imidazole rings is 1. The molecule has 2 fully saturated rings. The Morgan fingerprint density at radius 2 is 2.15 bits per heavy atom. The molecule has 0 radical (unpaired) electrons. The molecule has 20 heavy (non-hydrogen) atoms. The van der Waals surface area contributed by atoms with E-state index < -0.39 is 0 Å². The molecule has 4 nitrogen and oxygen atoms in total. The molecule has 1 unspecified atom stereocenters. The highest BCUT2D eigenvalue weighted by Gasteiger charge is 2.56. The number of hydrogen-bond acceptors (Lipinski definition) is 3. The van der Waals surface area contributed by atoms with E-state index in [1.54, 1.807) is 0 Å². The van der Waals surface area contributed by atoms with Gasteiger partial charge in [-0.25, -0.2) is 4.98 Å². The largest absolute Gasteiger partial charge is 0.334 e. The summed E-state index contributed by atoms with van der Waals surface area (Å²) in [6, 6.07) is 0.793. The van der Waals surface area contributed by atoms with Gasteiger partial charge in [-0.2, -0.15) is 0 Å². The van der Waals surface area contributed by atoms with E-state index in [-0.39, 0.29) is 12.4 Å². The van der Waals surface area contributed by atoms with Gasteiger partial charge in [0, 0.05) is 25.0 Å². The molecule has 1 saturated heterocycles. The van der Waals surface area contributed by atoms with E-state index in [1.165, 1.54) is 38.2 Å². The van der Waals surface area contributed by atoms with Crippen molar-refractivity contribution in [2.24, 2.45) is 5.41 Å². The normalized spacial score (nSPS) is 23.9. The number of piperidine rings is 1. The maximum absolute atomic E-state index is 4.53. The Labute approximate surface area is 128 Å². The van der Waals surface area contributed by atoms with Gasteiger partial charge < -0.3 is 9.88 Å². The third-order valence-corrected chi connectivity index (χ3v) is 5.08. The molecule has 0 bridgehead atoms. The molecular formula is C15H27ClN4. The SMILES string of the molecule is CCN(Cc1nccn1CC)C1CC12CCNCC2.Cl. The van der Waals surface area contributed by atoms with Gasteiger partial charge in [-0.15, -0.1) is 12.4 Å². The van der Waals surface area contributed by atoms with E-state index >= 15 is 0 Å². The minimum atomic E-state index is 0. The molecule has 1 atom stereocenters. The Balaban J connectivity index is 0.00000147. The summed E-state index contributed by atoms with van der Waals surface area (Å²) in [4.78, 5) is 7.17. The van der Waals surface area contributed by atoms with Gasteiger partial charge >= 0.3 is 0 Å². The number of nitrogens with zero attached hydrogens (tertiary/aromatic N) is 3. The van der Waals surface area contributed by atoms with Crippen molar-refractivity contribution in [1.82, 2.24) is 19.8 Å². The molecule has 2 heterocycles. The van der Waals surface area contributed by atoms with Crippen molar-refractivity contribution in [2.45, 2.75) is 52.2 Å². The lowest BCUT2D eigenvalue weighted by Crippen LogP contribution is -2.36. The van der Waals surface area contributed by atoms with Gasteiger partial charge in [-0.3, -0.25) is 4.90 Å². The quantitative estimate of drug-likeness (QED) is 0.905. The summed E-state index contributed by atoms with van der Waals surface area (Å²) in [5.41, 5.74) is 0.630. The van der Waals surface area contributed by atoms with Crippen molar-refractivity contribution in [3.8, 4) is 0 Å². The summed E-state index contributed by atoms with van der Waals surface area (Å²) in [5, 5.41) is 3.49. The molecule has 0 amide bonds. The van der Waals surface area contributed by atoms with Gasteiger partial charge in [-0.05, 0) is 51.2 Å². The lowest BCUT2D eigenvalue weighted by Gasteiger charge is -2.28. The lowest BCUT2D eigenvalue weighted by atomic mass is 9.93. The molecule has 1 spiro atoms. The third-order valence-electron chi connectivity index (χ3n) is 5.08. The second-order valence-electron chi connectivity index (χ2n) is 6.02. The molecule has 5 heteroatoms. The van der Waals surface area contributed by atoms with E-state index in [9.17, 15) is 0 Å². The van der Waals surface area contributed by atoms with Crippen molar-refractivity contribution in [1.29, 1.82) is 0 Å². The van der Waals surface area contributed by atoms with Gasteiger partial charge in [0.2, 0.25) is 0 Å². The van der Waals surface area contributed by atoms with Crippen LogP contribution in [0, 0.1) is 5.41 Å². The summed E-state index contributed by atoms with van der Waals surface area (Å²) in [5.74, 6) is 1.22. The predicted molar refractivity (Wildman–Crippen MR) is 84.2 cm³/mol. The molecule has 1 aliphatic carbocycles. The number of aromatic nitrogens is 2. The van der Waals surface area contributed by atoms with Gasteiger partial charge in [0.25, 0.3) is 0 Å². The Morgan fingerprint density at radius 3 is 2.80 bits per heavy atom. The lowest BCUT2D eigenvalue weighted by molar-refractivity contribution is 0.198. The molecule has 3 rings (SSSR count). The Bertz CT molecular complexity index is 425. The maximum Gasteiger partial charge on any atom is 0.122 e. The van der Waals surface area contributed by atoms with Crippen molar-refractivity contribution in [2.75, 3.05) is 19.6 Å². The zero-order chi connectivity index (χ0) is 13.3. The predicted octanol–water partition coefficient (Wildman–Crippen LogP) is 2.29. The van der Waals surface area contributed by atoms with Crippen LogP contribution in [0.5, 0.6) is 0 Å². The number of rotatable bonds is 5. The Hall–Kier alpha value is -0.580. The minimum absolute atomic E-state index is 0. The molecule has 1 saturated carbocycles. The van der Waals surface area contributed by atoms with E-state index in [2.05, 4.69) is 39.8 Å². The highest BCUT2D eigenvalue weighted by molar-refractivity contribution is 5.85. The van der Waals surface area contributed by atoms with Crippen LogP contribution in [0.2, 0.25) is 0 Å². The van der Waals surface area contributed by atoms with Crippen LogP contribution >= 0.6 is 12.4 Å². The van der Waals surface area contributed by atoms with Crippen molar-refractivity contribution >= 4 is 12.4 Å². The van der Waals surface area contributed by atoms with Gasteiger partial charge in [-0.1, -0.05) is 6.92 Å². The summed E-state index contributed by atoms with van der Waals surface area (Å²) in [7, 11) is 0. The summed E-state index contributed by atoms with van der Waals surface area (Å²) >= 11 is 0. The molecule has 1 aliphatic heterocycles. The van der Waals surface area contributed by atoms with E-state index in [4.69, 9.17) is 0 Å². The molecule has 114 valence electrons. The summed E-state index contributed by atoms with van der Waals surface area (Å²) in [6.07, 6.45) is 8.14. The molecule has 1 aromatic heterocycles. The van der Waals surface area contributed by atoms with E-state index in [1.807, 2.05) is 6.20 Å². The fraction of sp³-hybridized carbons (Fsp3) is 0.800. The number of hydrogen-bond donors (Lipinski definition) is 1. The second kappa shape index (κ2) is 6.46. The van der Waals surface area contributed by atoms with Crippen LogP contribution in [0.15, 0.2) is 12.4 Å². The number of aryl methyl sites for hydroxylation is 1. The van der Waals surface area contributed by atoms with Gasteiger partial charge in [0.05, 0.1) is 6.54 Å². The van der Waals surface area contributed by atoms with E-state index in [0.717, 1.165) is 25.7 Å². The standard InChI is InChI=1S/C15H26N4.ClH/c1-3-18-10-9-17-14(18)12-19(4-2)13-11-15(13)5-7-16-8-6-15;/h9-10,13,16H,3-8,11-12H2,1-2H3;1H. The minimum Gasteiger partial charge on any atom is -0.334 e. The monoisotopic (exact) mass is 298 g/mol. The van der Waals surface area contributed by atoms with Crippen LogP contribution in [0.25, 0.3) is 0 Å². The summed E-state index contributed by atoms with van der Waals surface area (Å²) in [6.45, 7) is 10.1. The van der Waals surface area contributed by atoms with Crippen molar-refractivity contribution in [3.63, 3.8) is 0 Å². The second-order valence-corrected chi connectivity index (χ2v) is 6.02. The topological polar surface area (TPSA) is 33.1 Å². The van der Waals surface area contributed by atoms with Crippen LogP contribution in [0.3, 0.4) is 0 Å². The summed E-state index contributed by atoms with van der Waals surface area (Å²) < 4.78 is 2.26. The van der Waals surface area contributed by atoms with Crippen LogP contribution in [-0.4, -0.2) is 40.1 Å². The first kappa shape index (κ1) is 15.8. The average molecular weight is 299 g/mol. The van der Waals surface area contributed by atoms with Crippen LogP contribution in [0.1, 0.15) is 38.9 Å². The molecular weight excluding hydrogens is 272 g/mol. The molecule has 1 N–H and O–H groups in total. The average Bonchev–Trinajstić information content (AvgIpc) is 2.94. The zero-order valence-corrected chi connectivity index (χ0v) is 13.5. The Kier molecular flexibility index (Phi) is 5.10. The van der Waals surface area contributed by atoms with Gasteiger partial charge in [0.15, 0.2) is 0 Å². The number of nitrogens with one attached hydrogen (secondary N) is 1. The van der Waals surface area contributed by atoms with Gasteiger partial charge in [0.1, 0.15) is 5.82 Å². The smallest absolute Gasteiger partial charge is 0.122 e. The van der Waals surface area contributed by atoms with Crippen molar-refractivity contribution in [3.05, 3.63) is 18.2 Å². The maximum atomic E-state index is 4.53. The fourth-order valence-electron chi connectivity index (χ4n) is 3.71. The first-order valence-electron chi connectivity index (χ1n) is 7.74. The molecule has 1 aromatic rings. The molecule has 2 aliphatic rings. The van der Waals surface area contributed by atoms with Crippen LogP contribution in [0.4, 0.5) is 0 Å². The van der Waals surface area contributed by atoms with Crippen LogP contribution < -0.4 is 5.32 Å². The van der Waals surface area contributed by atoms with E-state index in [0.29, 0.717) is 5.41 Å².